The topological polar surface area (TPSA) is 98.6 Å². The predicted molar refractivity (Wildman–Crippen MR) is 127 cm³/mol. The molecule has 3 aromatic rings. The molecule has 6 rings (SSSR count). The molecule has 35 heavy (non-hydrogen) atoms. The van der Waals surface area contributed by atoms with Crippen molar-refractivity contribution in [2.24, 2.45) is 11.0 Å². The number of hydrogen-bond donors (Lipinski definition) is 2. The highest BCUT2D eigenvalue weighted by Crippen LogP contribution is 2.69. The molecule has 8 heteroatoms. The number of aliphatic hydroxyl groups is 1. The summed E-state index contributed by atoms with van der Waals surface area (Å²) in [4.78, 5) is 13.2. The number of fused-ring (bicyclic) bond motifs is 5. The number of benzene rings is 3. The first-order chi connectivity index (χ1) is 17.0. The summed E-state index contributed by atoms with van der Waals surface area (Å²) >= 11 is 0. The summed E-state index contributed by atoms with van der Waals surface area (Å²) in [7, 11) is 4.67. The Morgan fingerprint density at radius 3 is 2.31 bits per heavy atom. The fourth-order valence-corrected chi connectivity index (χ4v) is 5.92. The number of hydrogen-bond acceptors (Lipinski definition) is 7. The second kappa shape index (κ2) is 7.48. The van der Waals surface area contributed by atoms with Gasteiger partial charge in [-0.2, -0.15) is 5.10 Å². The number of nitrogens with one attached hydrogen (secondary N) is 1. The van der Waals surface area contributed by atoms with Crippen molar-refractivity contribution in [2.45, 2.75) is 17.1 Å². The van der Waals surface area contributed by atoms with Gasteiger partial charge in [-0.3, -0.25) is 4.79 Å². The third-order valence-corrected chi connectivity index (χ3v) is 7.35. The molecule has 3 aliphatic rings. The van der Waals surface area contributed by atoms with E-state index in [-0.39, 0.29) is 5.91 Å². The first kappa shape index (κ1) is 21.5. The van der Waals surface area contributed by atoms with Crippen LogP contribution in [0.15, 0.2) is 71.8 Å². The summed E-state index contributed by atoms with van der Waals surface area (Å²) in [5.74, 6) is 0.336. The molecule has 0 aromatic heterocycles. The molecule has 3 aromatic carbocycles. The van der Waals surface area contributed by atoms with E-state index in [1.165, 1.54) is 7.11 Å². The van der Waals surface area contributed by atoms with Crippen molar-refractivity contribution in [3.05, 3.63) is 83.4 Å². The maximum Gasteiger partial charge on any atom is 0.249 e. The Bertz CT molecular complexity index is 1360. The van der Waals surface area contributed by atoms with Crippen LogP contribution in [-0.2, 0) is 16.0 Å². The van der Waals surface area contributed by atoms with E-state index in [4.69, 9.17) is 18.9 Å². The van der Waals surface area contributed by atoms with Gasteiger partial charge in [-0.05, 0) is 17.7 Å². The van der Waals surface area contributed by atoms with Crippen molar-refractivity contribution < 1.29 is 28.8 Å². The van der Waals surface area contributed by atoms with Gasteiger partial charge in [0.1, 0.15) is 23.0 Å². The Morgan fingerprint density at radius 2 is 1.66 bits per heavy atom. The number of rotatable bonds is 5. The molecule has 1 saturated carbocycles. The Morgan fingerprint density at radius 1 is 0.943 bits per heavy atom. The van der Waals surface area contributed by atoms with Crippen LogP contribution in [0.25, 0.3) is 0 Å². The molecule has 1 aliphatic carbocycles. The van der Waals surface area contributed by atoms with Crippen molar-refractivity contribution in [3.8, 4) is 23.0 Å². The van der Waals surface area contributed by atoms with Crippen LogP contribution < -0.4 is 24.4 Å². The van der Waals surface area contributed by atoms with E-state index in [1.807, 2.05) is 54.6 Å². The van der Waals surface area contributed by atoms with Crippen LogP contribution in [0.2, 0.25) is 0 Å². The quantitative estimate of drug-likeness (QED) is 0.592. The molecular weight excluding hydrogens is 448 g/mol. The molecular formula is C27H24N2O6. The van der Waals surface area contributed by atoms with E-state index in [9.17, 15) is 9.90 Å². The zero-order valence-corrected chi connectivity index (χ0v) is 19.4. The number of ether oxygens (including phenoxy) is 4. The Balaban J connectivity index is 1.71. The summed E-state index contributed by atoms with van der Waals surface area (Å²) in [5.41, 5.74) is 1.60. The second-order valence-corrected chi connectivity index (χ2v) is 8.82. The summed E-state index contributed by atoms with van der Waals surface area (Å²) in [6, 6.07) is 20.4. The van der Waals surface area contributed by atoms with E-state index in [0.717, 1.165) is 5.56 Å². The number of carbonyl (C=O) groups is 1. The van der Waals surface area contributed by atoms with Gasteiger partial charge in [-0.15, -0.1) is 0 Å². The summed E-state index contributed by atoms with van der Waals surface area (Å²) in [5, 5.41) is 17.2. The Hall–Kier alpha value is -4.04. The zero-order chi connectivity index (χ0) is 24.4. The molecule has 8 nitrogen and oxygen atoms in total. The zero-order valence-electron chi connectivity index (χ0n) is 19.4. The van der Waals surface area contributed by atoms with Crippen molar-refractivity contribution in [1.29, 1.82) is 0 Å². The second-order valence-electron chi connectivity index (χ2n) is 8.82. The number of nitrogens with zero attached hydrogens (tertiary/aromatic N) is 1. The maximum atomic E-state index is 13.2. The minimum atomic E-state index is -1.81. The van der Waals surface area contributed by atoms with Gasteiger partial charge in [0, 0.05) is 23.6 Å². The highest BCUT2D eigenvalue weighted by Gasteiger charge is 2.78. The fraction of sp³-hybridized carbons (Fsp3) is 0.259. The van der Waals surface area contributed by atoms with Crippen molar-refractivity contribution in [1.82, 2.24) is 5.43 Å². The highest BCUT2D eigenvalue weighted by molar-refractivity contribution is 6.17. The summed E-state index contributed by atoms with van der Waals surface area (Å²) in [6.07, 6.45) is 0. The van der Waals surface area contributed by atoms with Gasteiger partial charge in [0.2, 0.25) is 5.91 Å². The third-order valence-electron chi connectivity index (χ3n) is 7.35. The van der Waals surface area contributed by atoms with Crippen LogP contribution in [0.5, 0.6) is 23.0 Å². The third kappa shape index (κ3) is 2.60. The average molecular weight is 472 g/mol. The van der Waals surface area contributed by atoms with Crippen LogP contribution in [0, 0.1) is 5.92 Å². The minimum Gasteiger partial charge on any atom is -0.497 e. The van der Waals surface area contributed by atoms with Crippen LogP contribution in [-0.4, -0.2) is 38.1 Å². The molecule has 1 fully saturated rings. The van der Waals surface area contributed by atoms with Gasteiger partial charge in [0.15, 0.2) is 11.2 Å². The molecule has 2 heterocycles. The van der Waals surface area contributed by atoms with Crippen LogP contribution in [0.1, 0.15) is 22.6 Å². The molecule has 178 valence electrons. The summed E-state index contributed by atoms with van der Waals surface area (Å²) < 4.78 is 23.3. The average Bonchev–Trinajstić information content (AvgIpc) is 3.47. The van der Waals surface area contributed by atoms with E-state index in [1.54, 1.807) is 26.4 Å². The largest absolute Gasteiger partial charge is 0.497 e. The van der Waals surface area contributed by atoms with Gasteiger partial charge in [-0.25, -0.2) is 5.43 Å². The number of methoxy groups -OCH3 is 3. The Kier molecular flexibility index (Phi) is 4.59. The highest BCUT2D eigenvalue weighted by atomic mass is 16.5. The first-order valence-corrected chi connectivity index (χ1v) is 11.2. The lowest BCUT2D eigenvalue weighted by atomic mass is 9.70. The standard InChI is InChI=1S/C27H24N2O6/c1-32-17-11-9-16(10-12-17)27-22(15-7-5-4-6-8-15)21-24(28-29-25(21)30)26(27,31)23-19(34-3)13-18(33-2)14-20(23)35-27/h4-14,21-22,31H,1-3H3,(H,29,30)/t21?,22-,26+,27+/m1/s1. The van der Waals surface area contributed by atoms with Crippen LogP contribution in [0.3, 0.4) is 0 Å². The molecule has 1 unspecified atom stereocenters. The monoisotopic (exact) mass is 472 g/mol. The molecule has 0 bridgehead atoms. The molecule has 0 saturated heterocycles. The van der Waals surface area contributed by atoms with Crippen molar-refractivity contribution in [3.63, 3.8) is 0 Å². The van der Waals surface area contributed by atoms with Gasteiger partial charge >= 0.3 is 0 Å². The fourth-order valence-electron chi connectivity index (χ4n) is 5.92. The predicted octanol–water partition coefficient (Wildman–Crippen LogP) is 3.09. The van der Waals surface area contributed by atoms with Gasteiger partial charge < -0.3 is 24.1 Å². The van der Waals surface area contributed by atoms with Crippen molar-refractivity contribution in [2.75, 3.05) is 21.3 Å². The minimum absolute atomic E-state index is 0.290. The molecule has 1 amide bonds. The van der Waals surface area contributed by atoms with Gasteiger partial charge in [0.05, 0.1) is 38.5 Å². The van der Waals surface area contributed by atoms with E-state index in [2.05, 4.69) is 10.5 Å². The van der Waals surface area contributed by atoms with Crippen LogP contribution in [0.4, 0.5) is 0 Å². The van der Waals surface area contributed by atoms with E-state index >= 15 is 0 Å². The molecule has 2 aliphatic heterocycles. The number of amides is 1. The molecule has 0 spiro atoms. The van der Waals surface area contributed by atoms with Crippen LogP contribution >= 0.6 is 0 Å². The molecule has 4 atom stereocenters. The van der Waals surface area contributed by atoms with Crippen molar-refractivity contribution >= 4 is 11.6 Å². The first-order valence-electron chi connectivity index (χ1n) is 11.2. The maximum absolute atomic E-state index is 13.2. The Labute approximate surface area is 202 Å². The SMILES string of the molecule is COc1ccc([C@@]23Oc4cc(OC)cc(OC)c4[C@]2(O)C2=NNC(=O)C2[C@H]3c2ccccc2)cc1. The van der Waals surface area contributed by atoms with Gasteiger partial charge in [0.25, 0.3) is 0 Å². The molecule has 2 N–H and O–H groups in total. The summed E-state index contributed by atoms with van der Waals surface area (Å²) in [6.45, 7) is 0. The smallest absolute Gasteiger partial charge is 0.249 e. The van der Waals surface area contributed by atoms with E-state index < -0.39 is 23.0 Å². The normalized spacial score (nSPS) is 27.8. The lowest BCUT2D eigenvalue weighted by molar-refractivity contribution is -0.125. The lowest BCUT2D eigenvalue weighted by Gasteiger charge is -2.40. The number of carbonyl (C=O) groups excluding carboxylic acids is 1. The number of hydrazone groups is 1. The molecule has 0 radical (unpaired) electrons. The lowest BCUT2D eigenvalue weighted by Crippen LogP contribution is -2.51. The van der Waals surface area contributed by atoms with E-state index in [0.29, 0.717) is 39.8 Å². The van der Waals surface area contributed by atoms with Gasteiger partial charge in [-0.1, -0.05) is 42.5 Å².